The van der Waals surface area contributed by atoms with Gasteiger partial charge in [-0.15, -0.1) is 0 Å². The zero-order chi connectivity index (χ0) is 7.90. The predicted molar refractivity (Wildman–Crippen MR) is 44.7 cm³/mol. The molecule has 1 aromatic rings. The first-order valence-electron chi connectivity index (χ1n) is 4.26. The van der Waals surface area contributed by atoms with Gasteiger partial charge in [-0.2, -0.15) is 0 Å². The summed E-state index contributed by atoms with van der Waals surface area (Å²) >= 11 is 0. The monoisotopic (exact) mass is 150 g/mol. The van der Waals surface area contributed by atoms with Crippen LogP contribution >= 0.6 is 0 Å². The van der Waals surface area contributed by atoms with Crippen molar-refractivity contribution in [2.45, 2.75) is 38.5 Å². The summed E-state index contributed by atoms with van der Waals surface area (Å²) in [6, 6.07) is 0. The van der Waals surface area contributed by atoms with Crippen molar-refractivity contribution in [1.29, 1.82) is 0 Å². The first kappa shape index (κ1) is 6.96. The molecule has 11 heavy (non-hydrogen) atoms. The van der Waals surface area contributed by atoms with Crippen LogP contribution in [-0.4, -0.2) is 0 Å². The van der Waals surface area contributed by atoms with Gasteiger partial charge in [0.1, 0.15) is 0 Å². The summed E-state index contributed by atoms with van der Waals surface area (Å²) in [7, 11) is 0. The van der Waals surface area contributed by atoms with Crippen molar-refractivity contribution in [3.8, 4) is 0 Å². The largest absolute Gasteiger partial charge is 0.472 e. The SMILES string of the molecule is CC1(C)CCCc2cocc21. The minimum absolute atomic E-state index is 0.348. The Labute approximate surface area is 67.4 Å². The van der Waals surface area contributed by atoms with Crippen molar-refractivity contribution >= 4 is 0 Å². The fourth-order valence-corrected chi connectivity index (χ4v) is 1.97. The topological polar surface area (TPSA) is 13.1 Å². The molecule has 0 aliphatic heterocycles. The van der Waals surface area contributed by atoms with Gasteiger partial charge in [-0.3, -0.25) is 0 Å². The molecule has 0 bridgehead atoms. The van der Waals surface area contributed by atoms with E-state index in [1.807, 2.05) is 12.5 Å². The predicted octanol–water partition coefficient (Wildman–Crippen LogP) is 2.89. The molecular weight excluding hydrogens is 136 g/mol. The first-order chi connectivity index (χ1) is 5.20. The van der Waals surface area contributed by atoms with Crippen LogP contribution in [0, 0.1) is 0 Å². The number of hydrogen-bond donors (Lipinski definition) is 0. The normalized spacial score (nSPS) is 21.3. The molecule has 0 unspecified atom stereocenters. The van der Waals surface area contributed by atoms with Crippen LogP contribution in [0.3, 0.4) is 0 Å². The molecule has 0 aromatic carbocycles. The molecule has 0 fully saturated rings. The number of hydrogen-bond acceptors (Lipinski definition) is 1. The van der Waals surface area contributed by atoms with Gasteiger partial charge in [0.2, 0.25) is 0 Å². The number of fused-ring (bicyclic) bond motifs is 1. The molecular formula is C10H14O. The van der Waals surface area contributed by atoms with Crippen LogP contribution in [0.2, 0.25) is 0 Å². The van der Waals surface area contributed by atoms with Crippen LogP contribution in [0.25, 0.3) is 0 Å². The highest BCUT2D eigenvalue weighted by Crippen LogP contribution is 2.36. The Morgan fingerprint density at radius 2 is 2.18 bits per heavy atom. The number of aryl methyl sites for hydroxylation is 1. The van der Waals surface area contributed by atoms with Crippen LogP contribution in [0.15, 0.2) is 16.9 Å². The highest BCUT2D eigenvalue weighted by Gasteiger charge is 2.28. The third kappa shape index (κ3) is 0.991. The van der Waals surface area contributed by atoms with E-state index in [1.165, 1.54) is 30.4 Å². The second-order valence-corrected chi connectivity index (χ2v) is 4.05. The highest BCUT2D eigenvalue weighted by atomic mass is 16.3. The second kappa shape index (κ2) is 2.13. The van der Waals surface area contributed by atoms with Crippen LogP contribution in [0.5, 0.6) is 0 Å². The Hall–Kier alpha value is -0.720. The molecule has 0 saturated heterocycles. The summed E-state index contributed by atoms with van der Waals surface area (Å²) < 4.78 is 5.20. The average molecular weight is 150 g/mol. The van der Waals surface area contributed by atoms with Crippen LogP contribution in [0.1, 0.15) is 37.8 Å². The maximum Gasteiger partial charge on any atom is 0.0942 e. The van der Waals surface area contributed by atoms with Crippen molar-refractivity contribution < 1.29 is 4.42 Å². The van der Waals surface area contributed by atoms with E-state index >= 15 is 0 Å². The highest BCUT2D eigenvalue weighted by molar-refractivity contribution is 5.31. The Morgan fingerprint density at radius 3 is 2.91 bits per heavy atom. The Morgan fingerprint density at radius 1 is 1.36 bits per heavy atom. The first-order valence-corrected chi connectivity index (χ1v) is 4.26. The van der Waals surface area contributed by atoms with Crippen molar-refractivity contribution in [2.75, 3.05) is 0 Å². The van der Waals surface area contributed by atoms with Gasteiger partial charge in [-0.25, -0.2) is 0 Å². The molecule has 0 saturated carbocycles. The van der Waals surface area contributed by atoms with Crippen molar-refractivity contribution in [1.82, 2.24) is 0 Å². The van der Waals surface area contributed by atoms with E-state index in [-0.39, 0.29) is 0 Å². The molecule has 0 N–H and O–H groups in total. The Balaban J connectivity index is 2.48. The molecule has 1 heterocycles. The number of furan rings is 1. The van der Waals surface area contributed by atoms with Crippen molar-refractivity contribution in [3.05, 3.63) is 23.7 Å². The van der Waals surface area contributed by atoms with E-state index in [2.05, 4.69) is 13.8 Å². The van der Waals surface area contributed by atoms with Crippen LogP contribution < -0.4 is 0 Å². The van der Waals surface area contributed by atoms with Gasteiger partial charge in [0.25, 0.3) is 0 Å². The van der Waals surface area contributed by atoms with E-state index in [4.69, 9.17) is 4.42 Å². The Kier molecular flexibility index (Phi) is 1.35. The lowest BCUT2D eigenvalue weighted by Gasteiger charge is -2.28. The third-order valence-corrected chi connectivity index (χ3v) is 2.72. The number of rotatable bonds is 0. The molecule has 0 spiro atoms. The smallest absolute Gasteiger partial charge is 0.0942 e. The molecule has 1 aliphatic rings. The lowest BCUT2D eigenvalue weighted by molar-refractivity contribution is 0.431. The van der Waals surface area contributed by atoms with Gasteiger partial charge in [0, 0.05) is 0 Å². The van der Waals surface area contributed by atoms with E-state index in [0.717, 1.165) is 0 Å². The average Bonchev–Trinajstić information content (AvgIpc) is 2.34. The minimum Gasteiger partial charge on any atom is -0.472 e. The molecule has 0 radical (unpaired) electrons. The van der Waals surface area contributed by atoms with Gasteiger partial charge in [0.05, 0.1) is 12.5 Å². The standard InChI is InChI=1S/C10H14O/c1-10(2)5-3-4-8-6-11-7-9(8)10/h6-7H,3-5H2,1-2H3. The second-order valence-electron chi connectivity index (χ2n) is 4.05. The Bertz CT molecular complexity index is 258. The van der Waals surface area contributed by atoms with Gasteiger partial charge in [-0.1, -0.05) is 13.8 Å². The van der Waals surface area contributed by atoms with Crippen LogP contribution in [-0.2, 0) is 11.8 Å². The molecule has 1 heteroatoms. The zero-order valence-corrected chi connectivity index (χ0v) is 7.18. The summed E-state index contributed by atoms with van der Waals surface area (Å²) in [6.45, 7) is 4.58. The maximum atomic E-state index is 5.20. The molecule has 1 aromatic heterocycles. The summed E-state index contributed by atoms with van der Waals surface area (Å²) in [5.74, 6) is 0. The lowest BCUT2D eigenvalue weighted by Crippen LogP contribution is -2.22. The van der Waals surface area contributed by atoms with Gasteiger partial charge in [-0.05, 0) is 35.8 Å². The summed E-state index contributed by atoms with van der Waals surface area (Å²) in [5, 5.41) is 0. The fourth-order valence-electron chi connectivity index (χ4n) is 1.97. The van der Waals surface area contributed by atoms with E-state index in [9.17, 15) is 0 Å². The molecule has 2 rings (SSSR count). The summed E-state index contributed by atoms with van der Waals surface area (Å²) in [6.07, 6.45) is 7.61. The van der Waals surface area contributed by atoms with Gasteiger partial charge < -0.3 is 4.42 Å². The third-order valence-electron chi connectivity index (χ3n) is 2.72. The summed E-state index contributed by atoms with van der Waals surface area (Å²) in [4.78, 5) is 0. The lowest BCUT2D eigenvalue weighted by atomic mass is 9.75. The van der Waals surface area contributed by atoms with Crippen LogP contribution in [0.4, 0.5) is 0 Å². The quantitative estimate of drug-likeness (QED) is 0.554. The zero-order valence-electron chi connectivity index (χ0n) is 7.18. The van der Waals surface area contributed by atoms with Gasteiger partial charge in [0.15, 0.2) is 0 Å². The molecule has 0 amide bonds. The fraction of sp³-hybridized carbons (Fsp3) is 0.600. The molecule has 1 aliphatic carbocycles. The molecule has 60 valence electrons. The van der Waals surface area contributed by atoms with Crippen molar-refractivity contribution in [3.63, 3.8) is 0 Å². The van der Waals surface area contributed by atoms with E-state index < -0.39 is 0 Å². The van der Waals surface area contributed by atoms with Crippen molar-refractivity contribution in [2.24, 2.45) is 0 Å². The minimum atomic E-state index is 0.348. The molecule has 0 atom stereocenters. The van der Waals surface area contributed by atoms with E-state index in [1.54, 1.807) is 0 Å². The van der Waals surface area contributed by atoms with E-state index in [0.29, 0.717) is 5.41 Å². The van der Waals surface area contributed by atoms with Gasteiger partial charge >= 0.3 is 0 Å². The summed E-state index contributed by atoms with van der Waals surface area (Å²) in [5.41, 5.74) is 3.19. The molecule has 1 nitrogen and oxygen atoms in total. The maximum absolute atomic E-state index is 5.20.